The maximum atomic E-state index is 12.2. The Morgan fingerprint density at radius 2 is 2.00 bits per heavy atom. The number of hydrogen-bond acceptors (Lipinski definition) is 4. The predicted molar refractivity (Wildman–Crippen MR) is 98.4 cm³/mol. The highest BCUT2D eigenvalue weighted by Crippen LogP contribution is 2.24. The first-order chi connectivity index (χ1) is 11.4. The number of carbonyl (C=O) groups is 1. The van der Waals surface area contributed by atoms with Gasteiger partial charge in [0.2, 0.25) is 5.91 Å². The first-order valence-corrected chi connectivity index (χ1v) is 9.05. The van der Waals surface area contributed by atoms with E-state index in [1.807, 2.05) is 36.4 Å². The molecule has 0 saturated carbocycles. The maximum Gasteiger partial charge on any atom is 0.226 e. The van der Waals surface area contributed by atoms with E-state index in [1.54, 1.807) is 16.4 Å². The summed E-state index contributed by atoms with van der Waals surface area (Å²) < 4.78 is 1.66. The first kappa shape index (κ1) is 18.5. The van der Waals surface area contributed by atoms with Crippen molar-refractivity contribution >= 4 is 23.5 Å². The Kier molecular flexibility index (Phi) is 6.45. The molecule has 24 heavy (non-hydrogen) atoms. The summed E-state index contributed by atoms with van der Waals surface area (Å²) in [6.45, 7) is 6.56. The van der Waals surface area contributed by atoms with E-state index in [2.05, 4.69) is 31.2 Å². The number of anilines is 1. The average Bonchev–Trinajstić information content (AvgIpc) is 2.92. The summed E-state index contributed by atoms with van der Waals surface area (Å²) in [6, 6.07) is 11.9. The number of amides is 1. The van der Waals surface area contributed by atoms with Crippen LogP contribution in [-0.4, -0.2) is 33.2 Å². The van der Waals surface area contributed by atoms with Crippen molar-refractivity contribution < 1.29 is 9.90 Å². The Bertz CT molecular complexity index is 663. The lowest BCUT2D eigenvalue weighted by Crippen LogP contribution is -2.17. The topological polar surface area (TPSA) is 67.2 Å². The molecule has 130 valence electrons. The molecule has 2 aromatic rings. The van der Waals surface area contributed by atoms with Crippen molar-refractivity contribution in [2.24, 2.45) is 0 Å². The Hall–Kier alpha value is -1.79. The van der Waals surface area contributed by atoms with Crippen molar-refractivity contribution in [2.75, 3.05) is 17.7 Å². The van der Waals surface area contributed by atoms with Crippen LogP contribution in [0.25, 0.3) is 0 Å². The summed E-state index contributed by atoms with van der Waals surface area (Å²) >= 11 is 1.66. The van der Waals surface area contributed by atoms with Gasteiger partial charge in [0.05, 0.1) is 18.8 Å². The van der Waals surface area contributed by atoms with Gasteiger partial charge in [0.15, 0.2) is 0 Å². The molecular formula is C18H25N3O2S. The number of nitrogens with one attached hydrogen (secondary N) is 1. The third-order valence-corrected chi connectivity index (χ3v) is 4.48. The predicted octanol–water partition coefficient (Wildman–Crippen LogP) is 3.29. The number of aliphatic hydroxyl groups excluding tert-OH is 1. The fourth-order valence-corrected chi connectivity index (χ4v) is 3.01. The Morgan fingerprint density at radius 3 is 2.62 bits per heavy atom. The lowest BCUT2D eigenvalue weighted by atomic mass is 9.92. The SMILES string of the molecule is CC(C)(C)c1cc(NC(=O)CCSc2ccccc2)n(CCO)n1. The minimum atomic E-state index is -0.108. The zero-order valence-corrected chi connectivity index (χ0v) is 15.3. The third kappa shape index (κ3) is 5.39. The molecule has 5 nitrogen and oxygen atoms in total. The van der Waals surface area contributed by atoms with Crippen molar-refractivity contribution in [3.8, 4) is 0 Å². The van der Waals surface area contributed by atoms with Gasteiger partial charge in [0.25, 0.3) is 0 Å². The van der Waals surface area contributed by atoms with Gasteiger partial charge in [-0.2, -0.15) is 5.10 Å². The van der Waals surface area contributed by atoms with Crippen molar-refractivity contribution in [1.82, 2.24) is 9.78 Å². The van der Waals surface area contributed by atoms with Crippen molar-refractivity contribution in [3.05, 3.63) is 42.1 Å². The normalized spacial score (nSPS) is 11.5. The lowest BCUT2D eigenvalue weighted by Gasteiger charge is -2.13. The maximum absolute atomic E-state index is 12.2. The highest BCUT2D eigenvalue weighted by molar-refractivity contribution is 7.99. The Labute approximate surface area is 147 Å². The standard InChI is InChI=1S/C18H25N3O2S/c1-18(2,3)15-13-16(21(20-15)10-11-22)19-17(23)9-12-24-14-7-5-4-6-8-14/h4-8,13,22H,9-12H2,1-3H3,(H,19,23). The number of aromatic nitrogens is 2. The van der Waals surface area contributed by atoms with E-state index in [0.29, 0.717) is 18.8 Å². The van der Waals surface area contributed by atoms with Crippen molar-refractivity contribution in [3.63, 3.8) is 0 Å². The smallest absolute Gasteiger partial charge is 0.226 e. The second-order valence-corrected chi connectivity index (χ2v) is 7.74. The molecule has 1 aromatic heterocycles. The molecule has 0 saturated heterocycles. The molecule has 0 aliphatic carbocycles. The summed E-state index contributed by atoms with van der Waals surface area (Å²) in [5, 5.41) is 16.6. The lowest BCUT2D eigenvalue weighted by molar-refractivity contribution is -0.115. The van der Waals surface area contributed by atoms with Crippen LogP contribution in [-0.2, 0) is 16.8 Å². The van der Waals surface area contributed by atoms with Gasteiger partial charge < -0.3 is 10.4 Å². The monoisotopic (exact) mass is 347 g/mol. The number of hydrogen-bond donors (Lipinski definition) is 2. The number of thioether (sulfide) groups is 1. The molecule has 2 rings (SSSR count). The molecule has 0 aliphatic heterocycles. The quantitative estimate of drug-likeness (QED) is 0.754. The van der Waals surface area contributed by atoms with Gasteiger partial charge in [-0.1, -0.05) is 39.0 Å². The van der Waals surface area contributed by atoms with E-state index in [-0.39, 0.29) is 17.9 Å². The van der Waals surface area contributed by atoms with E-state index >= 15 is 0 Å². The second kappa shape index (κ2) is 8.35. The Balaban J connectivity index is 1.94. The molecule has 0 unspecified atom stereocenters. The van der Waals surface area contributed by atoms with Crippen LogP contribution in [0.4, 0.5) is 5.82 Å². The molecule has 2 N–H and O–H groups in total. The van der Waals surface area contributed by atoms with E-state index in [9.17, 15) is 9.90 Å². The van der Waals surface area contributed by atoms with Crippen molar-refractivity contribution in [1.29, 1.82) is 0 Å². The van der Waals surface area contributed by atoms with Gasteiger partial charge in [0, 0.05) is 28.6 Å². The van der Waals surface area contributed by atoms with Crippen molar-refractivity contribution in [2.45, 2.75) is 44.0 Å². The summed E-state index contributed by atoms with van der Waals surface area (Å²) in [4.78, 5) is 13.3. The molecule has 0 atom stereocenters. The van der Waals surface area contributed by atoms with Gasteiger partial charge in [-0.3, -0.25) is 4.79 Å². The third-order valence-electron chi connectivity index (χ3n) is 3.47. The molecule has 0 fully saturated rings. The summed E-state index contributed by atoms with van der Waals surface area (Å²) in [5.74, 6) is 1.32. The van der Waals surface area contributed by atoms with Gasteiger partial charge in [-0.05, 0) is 12.1 Å². The molecule has 0 bridgehead atoms. The highest BCUT2D eigenvalue weighted by atomic mass is 32.2. The van der Waals surface area contributed by atoms with Gasteiger partial charge in [-0.25, -0.2) is 4.68 Å². The molecule has 0 aliphatic rings. The summed E-state index contributed by atoms with van der Waals surface area (Å²) in [6.07, 6.45) is 0.425. The molecular weight excluding hydrogens is 322 g/mol. The summed E-state index contributed by atoms with van der Waals surface area (Å²) in [7, 11) is 0. The molecule has 6 heteroatoms. The Morgan fingerprint density at radius 1 is 1.29 bits per heavy atom. The molecule has 1 heterocycles. The van der Waals surface area contributed by atoms with E-state index in [1.165, 1.54) is 0 Å². The van der Waals surface area contributed by atoms with E-state index in [4.69, 9.17) is 0 Å². The van der Waals surface area contributed by atoms with Crippen LogP contribution in [0.5, 0.6) is 0 Å². The number of benzene rings is 1. The number of rotatable bonds is 7. The van der Waals surface area contributed by atoms with Crippen LogP contribution in [0, 0.1) is 0 Å². The van der Waals surface area contributed by atoms with Gasteiger partial charge >= 0.3 is 0 Å². The van der Waals surface area contributed by atoms with Crippen LogP contribution >= 0.6 is 11.8 Å². The van der Waals surface area contributed by atoms with Gasteiger partial charge in [-0.15, -0.1) is 11.8 Å². The molecule has 0 radical (unpaired) electrons. The van der Waals surface area contributed by atoms with Gasteiger partial charge in [0.1, 0.15) is 5.82 Å². The highest BCUT2D eigenvalue weighted by Gasteiger charge is 2.20. The van der Waals surface area contributed by atoms with E-state index < -0.39 is 0 Å². The zero-order chi connectivity index (χ0) is 17.6. The minimum Gasteiger partial charge on any atom is -0.394 e. The van der Waals surface area contributed by atoms with Crippen LogP contribution in [0.3, 0.4) is 0 Å². The molecule has 0 spiro atoms. The minimum absolute atomic E-state index is 0.0159. The second-order valence-electron chi connectivity index (χ2n) is 6.57. The molecule has 1 amide bonds. The summed E-state index contributed by atoms with van der Waals surface area (Å²) in [5.41, 5.74) is 0.786. The van der Waals surface area contributed by atoms with Crippen LogP contribution < -0.4 is 5.32 Å². The van der Waals surface area contributed by atoms with Crippen LogP contribution in [0.1, 0.15) is 32.9 Å². The fraction of sp³-hybridized carbons (Fsp3) is 0.444. The zero-order valence-electron chi connectivity index (χ0n) is 14.5. The van der Waals surface area contributed by atoms with Crippen LogP contribution in [0.15, 0.2) is 41.3 Å². The fourth-order valence-electron chi connectivity index (χ4n) is 2.13. The average molecular weight is 347 g/mol. The molecule has 1 aromatic carbocycles. The number of aliphatic hydroxyl groups is 1. The van der Waals surface area contributed by atoms with Crippen LogP contribution in [0.2, 0.25) is 0 Å². The first-order valence-electron chi connectivity index (χ1n) is 8.07. The number of nitrogens with zero attached hydrogens (tertiary/aromatic N) is 2. The number of carbonyl (C=O) groups excluding carboxylic acids is 1. The largest absolute Gasteiger partial charge is 0.394 e. The van der Waals surface area contributed by atoms with E-state index in [0.717, 1.165) is 16.3 Å².